The number of aromatic nitrogens is 4. The number of ether oxygens (including phenoxy) is 1. The first kappa shape index (κ1) is 21.9. The highest BCUT2D eigenvalue weighted by Crippen LogP contribution is 2.28. The number of amides is 2. The van der Waals surface area contributed by atoms with Gasteiger partial charge in [-0.05, 0) is 44.4 Å². The molecular formula is C23H28N6O3. The van der Waals surface area contributed by atoms with Crippen LogP contribution in [-0.2, 0) is 22.5 Å². The van der Waals surface area contributed by atoms with E-state index in [1.165, 1.54) is 0 Å². The molecule has 0 bridgehead atoms. The smallest absolute Gasteiger partial charge is 0.274 e. The molecule has 0 atom stereocenters. The molecule has 0 radical (unpaired) electrons. The average Bonchev–Trinajstić information content (AvgIpc) is 3.18. The van der Waals surface area contributed by atoms with E-state index in [1.807, 2.05) is 36.6 Å². The van der Waals surface area contributed by atoms with E-state index < -0.39 is 0 Å². The van der Waals surface area contributed by atoms with Gasteiger partial charge in [-0.15, -0.1) is 0 Å². The van der Waals surface area contributed by atoms with Gasteiger partial charge in [0.25, 0.3) is 5.91 Å². The van der Waals surface area contributed by atoms with Gasteiger partial charge in [0.1, 0.15) is 23.0 Å². The van der Waals surface area contributed by atoms with Crippen molar-refractivity contribution >= 4 is 23.3 Å². The molecule has 2 amide bonds. The Labute approximate surface area is 187 Å². The van der Waals surface area contributed by atoms with E-state index in [4.69, 9.17) is 4.74 Å². The molecule has 9 nitrogen and oxygen atoms in total. The number of nitrogens with zero attached hydrogens (tertiary/aromatic N) is 6. The first-order valence-electron chi connectivity index (χ1n) is 10.7. The van der Waals surface area contributed by atoms with E-state index in [9.17, 15) is 9.59 Å². The third-order valence-electron chi connectivity index (χ3n) is 5.67. The summed E-state index contributed by atoms with van der Waals surface area (Å²) in [4.78, 5) is 42.6. The molecule has 9 heteroatoms. The second-order valence-corrected chi connectivity index (χ2v) is 8.18. The molecule has 0 fully saturated rings. The van der Waals surface area contributed by atoms with Crippen LogP contribution in [0.1, 0.15) is 46.0 Å². The lowest BCUT2D eigenvalue weighted by Crippen LogP contribution is -2.38. The van der Waals surface area contributed by atoms with Crippen molar-refractivity contribution in [2.75, 3.05) is 32.2 Å². The average molecular weight is 437 g/mol. The van der Waals surface area contributed by atoms with Crippen molar-refractivity contribution < 1.29 is 14.3 Å². The minimum Gasteiger partial charge on any atom is -0.385 e. The SMILES string of the molecule is COCCCN1C(=O)CCc2c(C)nc(CN(C)C(=O)c3cn4ccc(C)cc4n3)nc21. The molecule has 0 aliphatic carbocycles. The Morgan fingerprint density at radius 2 is 2.03 bits per heavy atom. The monoisotopic (exact) mass is 436 g/mol. The zero-order valence-electron chi connectivity index (χ0n) is 19.0. The number of aryl methyl sites for hydroxylation is 2. The fourth-order valence-corrected chi connectivity index (χ4v) is 3.97. The maximum absolute atomic E-state index is 13.0. The Hall–Kier alpha value is -3.33. The number of rotatable bonds is 7. The van der Waals surface area contributed by atoms with Crippen LogP contribution in [0.25, 0.3) is 5.65 Å². The van der Waals surface area contributed by atoms with E-state index in [1.54, 1.807) is 30.2 Å². The lowest BCUT2D eigenvalue weighted by atomic mass is 10.0. The molecule has 4 heterocycles. The highest BCUT2D eigenvalue weighted by Gasteiger charge is 2.28. The Kier molecular flexibility index (Phi) is 6.18. The highest BCUT2D eigenvalue weighted by molar-refractivity contribution is 5.95. The predicted octanol–water partition coefficient (Wildman–Crippen LogP) is 2.33. The summed E-state index contributed by atoms with van der Waals surface area (Å²) in [5.41, 5.74) is 4.02. The van der Waals surface area contributed by atoms with Crippen LogP contribution in [0.5, 0.6) is 0 Å². The van der Waals surface area contributed by atoms with Crippen LogP contribution in [0.15, 0.2) is 24.5 Å². The number of carbonyl (C=O) groups is 2. The summed E-state index contributed by atoms with van der Waals surface area (Å²) in [6.45, 7) is 5.26. The van der Waals surface area contributed by atoms with Crippen LogP contribution in [0.4, 0.5) is 5.82 Å². The molecule has 1 aliphatic heterocycles. The molecule has 0 spiro atoms. The molecule has 32 heavy (non-hydrogen) atoms. The van der Waals surface area contributed by atoms with E-state index in [0.29, 0.717) is 43.3 Å². The zero-order valence-corrected chi connectivity index (χ0v) is 19.0. The molecule has 3 aromatic rings. The maximum atomic E-state index is 13.0. The van der Waals surface area contributed by atoms with E-state index in [-0.39, 0.29) is 18.4 Å². The summed E-state index contributed by atoms with van der Waals surface area (Å²) in [5, 5.41) is 0. The zero-order chi connectivity index (χ0) is 22.8. The molecule has 0 saturated carbocycles. The molecule has 4 rings (SSSR count). The Morgan fingerprint density at radius 1 is 1.22 bits per heavy atom. The molecule has 168 valence electrons. The Morgan fingerprint density at radius 3 is 2.81 bits per heavy atom. The van der Waals surface area contributed by atoms with Crippen LogP contribution in [-0.4, -0.2) is 63.4 Å². The second kappa shape index (κ2) is 9.04. The van der Waals surface area contributed by atoms with Crippen molar-refractivity contribution in [3.8, 4) is 0 Å². The van der Waals surface area contributed by atoms with Crippen molar-refractivity contribution in [3.05, 3.63) is 52.9 Å². The summed E-state index contributed by atoms with van der Waals surface area (Å²) in [6.07, 6.45) is 5.43. The van der Waals surface area contributed by atoms with Gasteiger partial charge in [-0.25, -0.2) is 15.0 Å². The molecule has 0 aromatic carbocycles. The number of methoxy groups -OCH3 is 1. The van der Waals surface area contributed by atoms with Gasteiger partial charge in [0.2, 0.25) is 5.91 Å². The van der Waals surface area contributed by atoms with Gasteiger partial charge in [-0.2, -0.15) is 0 Å². The summed E-state index contributed by atoms with van der Waals surface area (Å²) in [5.74, 6) is 1.01. The second-order valence-electron chi connectivity index (χ2n) is 8.18. The fraction of sp³-hybridized carbons (Fsp3) is 0.435. The van der Waals surface area contributed by atoms with Crippen LogP contribution in [0.3, 0.4) is 0 Å². The highest BCUT2D eigenvalue weighted by atomic mass is 16.5. The first-order valence-corrected chi connectivity index (χ1v) is 10.7. The molecule has 1 aliphatic rings. The van der Waals surface area contributed by atoms with Crippen LogP contribution < -0.4 is 4.90 Å². The topological polar surface area (TPSA) is 92.9 Å². The predicted molar refractivity (Wildman–Crippen MR) is 120 cm³/mol. The van der Waals surface area contributed by atoms with Gasteiger partial charge >= 0.3 is 0 Å². The minimum atomic E-state index is -0.210. The van der Waals surface area contributed by atoms with Gasteiger partial charge in [0.15, 0.2) is 0 Å². The number of imidazole rings is 1. The number of anilines is 1. The number of pyridine rings is 1. The van der Waals surface area contributed by atoms with Crippen molar-refractivity contribution in [2.24, 2.45) is 0 Å². The maximum Gasteiger partial charge on any atom is 0.274 e. The van der Waals surface area contributed by atoms with Gasteiger partial charge in [-0.1, -0.05) is 0 Å². The molecular weight excluding hydrogens is 408 g/mol. The van der Waals surface area contributed by atoms with Crippen molar-refractivity contribution in [1.29, 1.82) is 0 Å². The number of carbonyl (C=O) groups excluding carboxylic acids is 2. The van der Waals surface area contributed by atoms with Crippen LogP contribution in [0, 0.1) is 13.8 Å². The molecule has 0 unspecified atom stereocenters. The molecule has 0 saturated heterocycles. The van der Waals surface area contributed by atoms with E-state index in [2.05, 4.69) is 15.0 Å². The fourth-order valence-electron chi connectivity index (χ4n) is 3.97. The largest absolute Gasteiger partial charge is 0.385 e. The van der Waals surface area contributed by atoms with Gasteiger partial charge < -0.3 is 14.0 Å². The van der Waals surface area contributed by atoms with Crippen molar-refractivity contribution in [1.82, 2.24) is 24.3 Å². The first-order chi connectivity index (χ1) is 15.4. The van der Waals surface area contributed by atoms with Crippen molar-refractivity contribution in [3.63, 3.8) is 0 Å². The van der Waals surface area contributed by atoms with Gasteiger partial charge in [-0.3, -0.25) is 14.5 Å². The number of fused-ring (bicyclic) bond motifs is 2. The Bertz CT molecular complexity index is 1170. The van der Waals surface area contributed by atoms with E-state index >= 15 is 0 Å². The number of hydrogen-bond donors (Lipinski definition) is 0. The summed E-state index contributed by atoms with van der Waals surface area (Å²) < 4.78 is 6.96. The quantitative estimate of drug-likeness (QED) is 0.528. The molecule has 3 aromatic heterocycles. The number of hydrogen-bond acceptors (Lipinski definition) is 6. The minimum absolute atomic E-state index is 0.0575. The summed E-state index contributed by atoms with van der Waals surface area (Å²) in [7, 11) is 3.35. The Balaban J connectivity index is 1.56. The normalized spacial score (nSPS) is 13.5. The third-order valence-corrected chi connectivity index (χ3v) is 5.67. The lowest BCUT2D eigenvalue weighted by molar-refractivity contribution is -0.119. The summed E-state index contributed by atoms with van der Waals surface area (Å²) >= 11 is 0. The van der Waals surface area contributed by atoms with Gasteiger partial charge in [0, 0.05) is 57.4 Å². The summed E-state index contributed by atoms with van der Waals surface area (Å²) in [6, 6.07) is 3.90. The van der Waals surface area contributed by atoms with Crippen LogP contribution in [0.2, 0.25) is 0 Å². The van der Waals surface area contributed by atoms with Crippen LogP contribution >= 0.6 is 0 Å². The third kappa shape index (κ3) is 4.34. The van der Waals surface area contributed by atoms with Crippen molar-refractivity contribution in [2.45, 2.75) is 39.7 Å². The molecule has 0 N–H and O–H groups in total. The lowest BCUT2D eigenvalue weighted by Gasteiger charge is -2.29. The van der Waals surface area contributed by atoms with E-state index in [0.717, 1.165) is 28.9 Å². The standard InChI is InChI=1S/C23H28N6O3/c1-15-8-10-28-13-18(25-20(28)12-15)23(31)27(3)14-19-24-16(2)17-6-7-21(30)29(22(17)26-19)9-5-11-32-4/h8,10,12-13H,5-7,9,11,14H2,1-4H3. The van der Waals surface area contributed by atoms with Gasteiger partial charge in [0.05, 0.1) is 6.54 Å².